The Morgan fingerprint density at radius 2 is 2.20 bits per heavy atom. The maximum Gasteiger partial charge on any atom is 0.323 e. The van der Waals surface area contributed by atoms with Crippen LogP contribution in [0.15, 0.2) is 18.2 Å². The number of nitrogens with zero attached hydrogens (tertiary/aromatic N) is 1. The van der Waals surface area contributed by atoms with Gasteiger partial charge in [0.15, 0.2) is 0 Å². The van der Waals surface area contributed by atoms with Crippen molar-refractivity contribution in [3.8, 4) is 11.5 Å². The number of fused-ring (bicyclic) bond motifs is 1. The summed E-state index contributed by atoms with van der Waals surface area (Å²) in [5, 5.41) is 11.8. The molecule has 2 aliphatic heterocycles. The Hall–Kier alpha value is -2.77. The molecule has 8 nitrogen and oxygen atoms in total. The zero-order valence-electron chi connectivity index (χ0n) is 13.9. The average Bonchev–Trinajstić information content (AvgIpc) is 2.82. The standard InChI is InChI=1S/C17H20N2O6/c1-24-11-2-3-13-12(8-11)16(23)18-10-17(25-13)5-4-14(20)19(7-6-17)9-15(21)22/h2-3,8H,4-7,9-10H2,1H3,(H,18,23)(H,21,22)/t17-/m0/s1. The van der Waals surface area contributed by atoms with E-state index in [1.165, 1.54) is 12.0 Å². The van der Waals surface area contributed by atoms with Crippen LogP contribution in [-0.4, -0.2) is 60.1 Å². The molecule has 0 aliphatic carbocycles. The second-order valence-corrected chi connectivity index (χ2v) is 6.29. The van der Waals surface area contributed by atoms with Gasteiger partial charge in [0.2, 0.25) is 5.91 Å². The van der Waals surface area contributed by atoms with Crippen LogP contribution in [0.1, 0.15) is 29.6 Å². The van der Waals surface area contributed by atoms with E-state index in [9.17, 15) is 14.4 Å². The molecule has 0 aromatic heterocycles. The predicted octanol–water partition coefficient (Wildman–Crippen LogP) is 0.653. The Balaban J connectivity index is 1.85. The highest BCUT2D eigenvalue weighted by Gasteiger charge is 2.40. The second kappa shape index (κ2) is 6.62. The van der Waals surface area contributed by atoms with Crippen LogP contribution in [0.3, 0.4) is 0 Å². The zero-order chi connectivity index (χ0) is 18.0. The molecule has 2 heterocycles. The maximum absolute atomic E-state index is 12.4. The van der Waals surface area contributed by atoms with Gasteiger partial charge in [0.1, 0.15) is 23.6 Å². The van der Waals surface area contributed by atoms with Crippen molar-refractivity contribution in [2.24, 2.45) is 0 Å². The summed E-state index contributed by atoms with van der Waals surface area (Å²) in [6.07, 6.45) is 1.03. The summed E-state index contributed by atoms with van der Waals surface area (Å²) in [5.41, 5.74) is -0.354. The molecule has 2 amide bonds. The molecule has 0 radical (unpaired) electrons. The number of aliphatic carboxylic acids is 1. The Morgan fingerprint density at radius 1 is 1.40 bits per heavy atom. The van der Waals surface area contributed by atoms with Gasteiger partial charge in [-0.2, -0.15) is 0 Å². The first-order chi connectivity index (χ1) is 11.9. The van der Waals surface area contributed by atoms with Crippen LogP contribution in [0.5, 0.6) is 11.5 Å². The molecule has 134 valence electrons. The van der Waals surface area contributed by atoms with E-state index in [0.717, 1.165) is 0 Å². The number of hydrogen-bond donors (Lipinski definition) is 2. The predicted molar refractivity (Wildman–Crippen MR) is 86.8 cm³/mol. The molecule has 3 rings (SSSR count). The molecule has 1 atom stereocenters. The van der Waals surface area contributed by atoms with Gasteiger partial charge in [0, 0.05) is 19.4 Å². The third-order valence-corrected chi connectivity index (χ3v) is 4.64. The van der Waals surface area contributed by atoms with Crippen LogP contribution in [0.2, 0.25) is 0 Å². The van der Waals surface area contributed by atoms with Crippen LogP contribution in [0.25, 0.3) is 0 Å². The summed E-state index contributed by atoms with van der Waals surface area (Å²) in [5.74, 6) is -0.527. The zero-order valence-corrected chi connectivity index (χ0v) is 13.9. The summed E-state index contributed by atoms with van der Waals surface area (Å²) in [6.45, 7) is 0.207. The minimum Gasteiger partial charge on any atom is -0.497 e. The summed E-state index contributed by atoms with van der Waals surface area (Å²) >= 11 is 0. The molecular weight excluding hydrogens is 328 g/mol. The van der Waals surface area contributed by atoms with Crippen LogP contribution in [0, 0.1) is 0 Å². The van der Waals surface area contributed by atoms with Crippen molar-refractivity contribution in [1.29, 1.82) is 0 Å². The van der Waals surface area contributed by atoms with E-state index in [-0.39, 0.29) is 37.9 Å². The average molecular weight is 348 g/mol. The summed E-state index contributed by atoms with van der Waals surface area (Å²) in [6, 6.07) is 5.01. The van der Waals surface area contributed by atoms with Gasteiger partial charge in [0.05, 0.1) is 19.2 Å². The van der Waals surface area contributed by atoms with E-state index in [4.69, 9.17) is 14.6 Å². The lowest BCUT2D eigenvalue weighted by Crippen LogP contribution is -2.46. The monoisotopic (exact) mass is 348 g/mol. The Labute approximate surface area is 144 Å². The minimum atomic E-state index is -1.04. The molecule has 1 fully saturated rings. The lowest BCUT2D eigenvalue weighted by molar-refractivity contribution is -0.144. The minimum absolute atomic E-state index is 0.175. The van der Waals surface area contributed by atoms with Crippen molar-refractivity contribution >= 4 is 17.8 Å². The Kier molecular flexibility index (Phi) is 4.52. The van der Waals surface area contributed by atoms with E-state index in [1.54, 1.807) is 18.2 Å². The number of carbonyl (C=O) groups excluding carboxylic acids is 2. The molecule has 1 aromatic carbocycles. The number of hydrogen-bond acceptors (Lipinski definition) is 5. The number of nitrogens with one attached hydrogen (secondary N) is 1. The summed E-state index contributed by atoms with van der Waals surface area (Å²) in [4.78, 5) is 36.8. The molecule has 8 heteroatoms. The van der Waals surface area contributed by atoms with E-state index in [0.29, 0.717) is 29.9 Å². The topological polar surface area (TPSA) is 105 Å². The molecule has 0 unspecified atom stereocenters. The molecule has 1 saturated heterocycles. The first kappa shape index (κ1) is 17.1. The van der Waals surface area contributed by atoms with Gasteiger partial charge in [-0.15, -0.1) is 0 Å². The van der Waals surface area contributed by atoms with Crippen molar-refractivity contribution in [1.82, 2.24) is 10.2 Å². The van der Waals surface area contributed by atoms with Crippen molar-refractivity contribution in [2.45, 2.75) is 24.9 Å². The number of ether oxygens (including phenoxy) is 2. The van der Waals surface area contributed by atoms with E-state index >= 15 is 0 Å². The summed E-state index contributed by atoms with van der Waals surface area (Å²) in [7, 11) is 1.52. The fraction of sp³-hybridized carbons (Fsp3) is 0.471. The molecular formula is C17H20N2O6. The number of benzene rings is 1. The fourth-order valence-electron chi connectivity index (χ4n) is 3.20. The highest BCUT2D eigenvalue weighted by Crippen LogP contribution is 2.34. The number of carboxylic acids is 1. The molecule has 1 spiro atoms. The lowest BCUT2D eigenvalue weighted by atomic mass is 9.94. The fourth-order valence-corrected chi connectivity index (χ4v) is 3.20. The molecule has 0 bridgehead atoms. The largest absolute Gasteiger partial charge is 0.497 e. The van der Waals surface area contributed by atoms with Gasteiger partial charge in [-0.1, -0.05) is 0 Å². The molecule has 2 N–H and O–H groups in total. The van der Waals surface area contributed by atoms with Crippen LogP contribution in [-0.2, 0) is 9.59 Å². The van der Waals surface area contributed by atoms with Crippen LogP contribution >= 0.6 is 0 Å². The van der Waals surface area contributed by atoms with E-state index in [2.05, 4.69) is 5.32 Å². The third-order valence-electron chi connectivity index (χ3n) is 4.64. The van der Waals surface area contributed by atoms with Gasteiger partial charge >= 0.3 is 5.97 Å². The van der Waals surface area contributed by atoms with Crippen molar-refractivity contribution in [3.63, 3.8) is 0 Å². The van der Waals surface area contributed by atoms with E-state index in [1.807, 2.05) is 0 Å². The van der Waals surface area contributed by atoms with Crippen LogP contribution < -0.4 is 14.8 Å². The Morgan fingerprint density at radius 3 is 2.92 bits per heavy atom. The number of carbonyl (C=O) groups is 3. The Bertz CT molecular complexity index is 719. The van der Waals surface area contributed by atoms with Crippen LogP contribution in [0.4, 0.5) is 0 Å². The molecule has 0 saturated carbocycles. The van der Waals surface area contributed by atoms with Gasteiger partial charge < -0.3 is 24.8 Å². The number of likely N-dealkylation sites (tertiary alicyclic amines) is 1. The van der Waals surface area contributed by atoms with Gasteiger partial charge in [-0.3, -0.25) is 14.4 Å². The number of rotatable bonds is 3. The highest BCUT2D eigenvalue weighted by molar-refractivity contribution is 5.97. The number of methoxy groups -OCH3 is 1. The van der Waals surface area contributed by atoms with Crippen molar-refractivity contribution in [3.05, 3.63) is 23.8 Å². The molecule has 1 aromatic rings. The SMILES string of the molecule is COc1ccc2c(c1)C(=O)NC[C@@]1(CCC(=O)N(CC(=O)O)CC1)O2. The third kappa shape index (κ3) is 3.52. The molecule has 2 aliphatic rings. The van der Waals surface area contributed by atoms with Gasteiger partial charge in [0.25, 0.3) is 5.91 Å². The molecule has 25 heavy (non-hydrogen) atoms. The lowest BCUT2D eigenvalue weighted by Gasteiger charge is -2.32. The van der Waals surface area contributed by atoms with E-state index < -0.39 is 11.6 Å². The normalized spacial score (nSPS) is 23.2. The highest BCUT2D eigenvalue weighted by atomic mass is 16.5. The number of amides is 2. The number of carboxylic acid groups (broad SMARTS) is 1. The van der Waals surface area contributed by atoms with Crippen molar-refractivity contribution < 1.29 is 29.0 Å². The van der Waals surface area contributed by atoms with Gasteiger partial charge in [-0.25, -0.2) is 0 Å². The van der Waals surface area contributed by atoms with Crippen molar-refractivity contribution in [2.75, 3.05) is 26.7 Å². The smallest absolute Gasteiger partial charge is 0.323 e. The van der Waals surface area contributed by atoms with Gasteiger partial charge in [-0.05, 0) is 24.6 Å². The first-order valence-electron chi connectivity index (χ1n) is 8.07. The maximum atomic E-state index is 12.4. The second-order valence-electron chi connectivity index (χ2n) is 6.29. The first-order valence-corrected chi connectivity index (χ1v) is 8.07. The summed E-state index contributed by atoms with van der Waals surface area (Å²) < 4.78 is 11.3. The quantitative estimate of drug-likeness (QED) is 0.831.